The number of carbonyl (C=O) groups excluding carboxylic acids is 3. The van der Waals surface area contributed by atoms with Gasteiger partial charge in [-0.05, 0) is 32.3 Å². The molecule has 0 saturated carbocycles. The van der Waals surface area contributed by atoms with Crippen molar-refractivity contribution in [2.45, 2.75) is 46.2 Å². The Morgan fingerprint density at radius 3 is 2.50 bits per heavy atom. The second kappa shape index (κ2) is 9.54. The van der Waals surface area contributed by atoms with Crippen LogP contribution in [0.3, 0.4) is 0 Å². The molecule has 8 nitrogen and oxygen atoms in total. The summed E-state index contributed by atoms with van der Waals surface area (Å²) in [5, 5.41) is 7.10. The fourth-order valence-corrected chi connectivity index (χ4v) is 4.47. The van der Waals surface area contributed by atoms with Gasteiger partial charge in [0.2, 0.25) is 17.7 Å². The molecule has 1 aromatic carbocycles. The SMILES string of the molecule is CCn1cc(NC(=O)C2CCN(C(=O)C3CC(=O)N(Cc4ccc(C)cc4)C3)CC2)cn1. The molecule has 1 aromatic heterocycles. The topological polar surface area (TPSA) is 87.5 Å². The Labute approximate surface area is 188 Å². The van der Waals surface area contributed by atoms with Crippen molar-refractivity contribution in [2.24, 2.45) is 11.8 Å². The molecule has 1 N–H and O–H groups in total. The van der Waals surface area contributed by atoms with E-state index in [2.05, 4.69) is 10.4 Å². The first-order chi connectivity index (χ1) is 15.4. The lowest BCUT2D eigenvalue weighted by Gasteiger charge is -2.32. The van der Waals surface area contributed by atoms with Gasteiger partial charge < -0.3 is 15.1 Å². The van der Waals surface area contributed by atoms with Crippen LogP contribution in [0, 0.1) is 18.8 Å². The highest BCUT2D eigenvalue weighted by Gasteiger charge is 2.38. The van der Waals surface area contributed by atoms with E-state index < -0.39 is 0 Å². The molecule has 4 rings (SSSR count). The van der Waals surface area contributed by atoms with Crippen molar-refractivity contribution in [3.05, 3.63) is 47.8 Å². The van der Waals surface area contributed by atoms with Gasteiger partial charge in [-0.1, -0.05) is 29.8 Å². The van der Waals surface area contributed by atoms with Crippen LogP contribution in [0.5, 0.6) is 0 Å². The first-order valence-corrected chi connectivity index (χ1v) is 11.4. The minimum absolute atomic E-state index is 0.0203. The Balaban J connectivity index is 1.26. The number of aryl methyl sites for hydroxylation is 2. The lowest BCUT2D eigenvalue weighted by Crippen LogP contribution is -2.44. The van der Waals surface area contributed by atoms with Crippen molar-refractivity contribution in [1.29, 1.82) is 0 Å². The van der Waals surface area contributed by atoms with Crippen LogP contribution in [0.4, 0.5) is 5.69 Å². The third kappa shape index (κ3) is 5.00. The number of piperidine rings is 1. The van der Waals surface area contributed by atoms with Crippen LogP contribution in [0.15, 0.2) is 36.7 Å². The van der Waals surface area contributed by atoms with Gasteiger partial charge in [-0.2, -0.15) is 5.10 Å². The third-order valence-corrected chi connectivity index (χ3v) is 6.46. The lowest BCUT2D eigenvalue weighted by atomic mass is 9.94. The summed E-state index contributed by atoms with van der Waals surface area (Å²) in [6.45, 7) is 6.88. The zero-order valence-corrected chi connectivity index (χ0v) is 18.8. The van der Waals surface area contributed by atoms with Crippen molar-refractivity contribution in [1.82, 2.24) is 19.6 Å². The molecule has 3 amide bonds. The van der Waals surface area contributed by atoms with Crippen LogP contribution < -0.4 is 5.32 Å². The van der Waals surface area contributed by atoms with E-state index in [4.69, 9.17) is 0 Å². The average Bonchev–Trinajstić information content (AvgIpc) is 3.41. The van der Waals surface area contributed by atoms with Gasteiger partial charge in [0.1, 0.15) is 0 Å². The standard InChI is InChI=1S/C24H31N5O3/c1-3-29-16-21(13-25-29)26-23(31)19-8-10-27(11-9-19)24(32)20-12-22(30)28(15-20)14-18-6-4-17(2)5-7-18/h4-7,13,16,19-20H,3,8-12,14-15H2,1-2H3,(H,26,31). The van der Waals surface area contributed by atoms with E-state index in [0.717, 1.165) is 12.1 Å². The van der Waals surface area contributed by atoms with E-state index in [-0.39, 0.29) is 36.0 Å². The Kier molecular flexibility index (Phi) is 6.58. The molecule has 0 bridgehead atoms. The third-order valence-electron chi connectivity index (χ3n) is 6.46. The first kappa shape index (κ1) is 22.0. The molecule has 0 spiro atoms. The maximum absolute atomic E-state index is 13.0. The average molecular weight is 438 g/mol. The van der Waals surface area contributed by atoms with Gasteiger partial charge in [0.25, 0.3) is 0 Å². The largest absolute Gasteiger partial charge is 0.342 e. The first-order valence-electron chi connectivity index (χ1n) is 11.4. The summed E-state index contributed by atoms with van der Waals surface area (Å²) < 4.78 is 1.77. The molecule has 2 aliphatic heterocycles. The fourth-order valence-electron chi connectivity index (χ4n) is 4.47. The number of nitrogens with zero attached hydrogens (tertiary/aromatic N) is 4. The van der Waals surface area contributed by atoms with Crippen molar-refractivity contribution in [3.63, 3.8) is 0 Å². The number of anilines is 1. The van der Waals surface area contributed by atoms with Gasteiger partial charge in [-0.3, -0.25) is 19.1 Å². The molecule has 1 atom stereocenters. The molecule has 0 aliphatic carbocycles. The van der Waals surface area contributed by atoms with Gasteiger partial charge in [0.05, 0.1) is 17.8 Å². The molecule has 3 heterocycles. The number of amides is 3. The van der Waals surface area contributed by atoms with Gasteiger partial charge in [-0.25, -0.2) is 0 Å². The summed E-state index contributed by atoms with van der Waals surface area (Å²) in [6, 6.07) is 8.13. The van der Waals surface area contributed by atoms with Crippen LogP contribution in [0.2, 0.25) is 0 Å². The predicted molar refractivity (Wildman–Crippen MR) is 121 cm³/mol. The summed E-state index contributed by atoms with van der Waals surface area (Å²) in [6.07, 6.45) is 5.00. The van der Waals surface area contributed by atoms with E-state index in [1.807, 2.05) is 49.2 Å². The van der Waals surface area contributed by atoms with Crippen LogP contribution >= 0.6 is 0 Å². The Morgan fingerprint density at radius 2 is 1.84 bits per heavy atom. The zero-order valence-electron chi connectivity index (χ0n) is 18.8. The van der Waals surface area contributed by atoms with Crippen LogP contribution in [0.25, 0.3) is 0 Å². The fraction of sp³-hybridized carbons (Fsp3) is 0.500. The molecule has 2 aromatic rings. The highest BCUT2D eigenvalue weighted by atomic mass is 16.2. The van der Waals surface area contributed by atoms with Crippen molar-refractivity contribution in [3.8, 4) is 0 Å². The predicted octanol–water partition coefficient (Wildman–Crippen LogP) is 2.44. The zero-order chi connectivity index (χ0) is 22.7. The summed E-state index contributed by atoms with van der Waals surface area (Å²) in [5.74, 6) is -0.364. The maximum atomic E-state index is 13.0. The molecule has 0 radical (unpaired) electrons. The molecule has 1 unspecified atom stereocenters. The van der Waals surface area contributed by atoms with Crippen LogP contribution in [0.1, 0.15) is 37.3 Å². The molecular weight excluding hydrogens is 406 g/mol. The van der Waals surface area contributed by atoms with Gasteiger partial charge in [0, 0.05) is 51.3 Å². The van der Waals surface area contributed by atoms with E-state index in [1.165, 1.54) is 5.56 Å². The van der Waals surface area contributed by atoms with E-state index in [1.54, 1.807) is 15.8 Å². The van der Waals surface area contributed by atoms with Crippen LogP contribution in [-0.4, -0.2) is 56.9 Å². The maximum Gasteiger partial charge on any atom is 0.227 e. The van der Waals surface area contributed by atoms with Crippen molar-refractivity contribution in [2.75, 3.05) is 25.0 Å². The number of hydrogen-bond acceptors (Lipinski definition) is 4. The number of benzene rings is 1. The smallest absolute Gasteiger partial charge is 0.227 e. The highest BCUT2D eigenvalue weighted by molar-refractivity contribution is 5.93. The number of nitrogens with one attached hydrogen (secondary N) is 1. The highest BCUT2D eigenvalue weighted by Crippen LogP contribution is 2.26. The molecular formula is C24H31N5O3. The lowest BCUT2D eigenvalue weighted by molar-refractivity contribution is -0.138. The summed E-state index contributed by atoms with van der Waals surface area (Å²) in [4.78, 5) is 41.7. The monoisotopic (exact) mass is 437 g/mol. The van der Waals surface area contributed by atoms with Crippen molar-refractivity contribution >= 4 is 23.4 Å². The Hall–Kier alpha value is -3.16. The van der Waals surface area contributed by atoms with E-state index in [0.29, 0.717) is 44.7 Å². The molecule has 2 saturated heterocycles. The number of aromatic nitrogens is 2. The number of rotatable bonds is 6. The number of hydrogen-bond donors (Lipinski definition) is 1. The molecule has 32 heavy (non-hydrogen) atoms. The van der Waals surface area contributed by atoms with Crippen molar-refractivity contribution < 1.29 is 14.4 Å². The van der Waals surface area contributed by atoms with E-state index >= 15 is 0 Å². The van der Waals surface area contributed by atoms with Gasteiger partial charge in [0.15, 0.2) is 0 Å². The normalized spacial score (nSPS) is 19.4. The Bertz CT molecular complexity index is 976. The molecule has 2 aliphatic rings. The van der Waals surface area contributed by atoms with Gasteiger partial charge >= 0.3 is 0 Å². The van der Waals surface area contributed by atoms with E-state index in [9.17, 15) is 14.4 Å². The second-order valence-electron chi connectivity index (χ2n) is 8.83. The molecule has 170 valence electrons. The summed E-state index contributed by atoms with van der Waals surface area (Å²) in [5.41, 5.74) is 2.96. The molecule has 2 fully saturated rings. The summed E-state index contributed by atoms with van der Waals surface area (Å²) >= 11 is 0. The minimum Gasteiger partial charge on any atom is -0.342 e. The quantitative estimate of drug-likeness (QED) is 0.752. The minimum atomic E-state index is -0.293. The number of carbonyl (C=O) groups is 3. The number of likely N-dealkylation sites (tertiary alicyclic amines) is 2. The van der Waals surface area contributed by atoms with Gasteiger partial charge in [-0.15, -0.1) is 0 Å². The molecule has 8 heteroatoms. The second-order valence-corrected chi connectivity index (χ2v) is 8.83. The van der Waals surface area contributed by atoms with Crippen LogP contribution in [-0.2, 0) is 27.5 Å². The Morgan fingerprint density at radius 1 is 1.12 bits per heavy atom. The summed E-state index contributed by atoms with van der Waals surface area (Å²) in [7, 11) is 0.